The molecule has 0 bridgehead atoms. The van der Waals surface area contributed by atoms with Crippen LogP contribution in [0.1, 0.15) is 30.4 Å². The number of aromatic hydroxyl groups is 2. The van der Waals surface area contributed by atoms with Crippen molar-refractivity contribution in [1.82, 2.24) is 16.0 Å². The van der Waals surface area contributed by atoms with Crippen molar-refractivity contribution >= 4 is 41.4 Å². The predicted molar refractivity (Wildman–Crippen MR) is 155 cm³/mol. The first-order valence-electron chi connectivity index (χ1n) is 13.1. The lowest BCUT2D eigenvalue weighted by molar-refractivity contribution is -0.143. The first-order valence-corrected chi connectivity index (χ1v) is 14.4. The van der Waals surface area contributed by atoms with Crippen molar-refractivity contribution in [2.24, 2.45) is 5.73 Å². The fourth-order valence-corrected chi connectivity index (χ4v) is 4.37. The van der Waals surface area contributed by atoms with Gasteiger partial charge in [-0.25, -0.2) is 4.79 Å². The molecule has 0 fully saturated rings. The van der Waals surface area contributed by atoms with E-state index in [0.29, 0.717) is 23.3 Å². The fourth-order valence-electron chi connectivity index (χ4n) is 3.88. The molecule has 0 spiro atoms. The normalized spacial score (nSPS) is 13.7. The van der Waals surface area contributed by atoms with Gasteiger partial charge in [0, 0.05) is 19.3 Å². The van der Waals surface area contributed by atoms with Crippen molar-refractivity contribution in [3.63, 3.8) is 0 Å². The number of amides is 3. The maximum absolute atomic E-state index is 13.4. The molecule has 4 unspecified atom stereocenters. The van der Waals surface area contributed by atoms with Crippen LogP contribution in [0.4, 0.5) is 0 Å². The molecule has 228 valence electrons. The van der Waals surface area contributed by atoms with Gasteiger partial charge in [-0.15, -0.1) is 0 Å². The Morgan fingerprint density at radius 3 is 1.64 bits per heavy atom. The van der Waals surface area contributed by atoms with Gasteiger partial charge in [0.15, 0.2) is 0 Å². The topological polar surface area (TPSA) is 228 Å². The van der Waals surface area contributed by atoms with E-state index < -0.39 is 60.2 Å². The molecule has 14 heteroatoms. The van der Waals surface area contributed by atoms with Crippen LogP contribution in [0.3, 0.4) is 0 Å². The molecule has 0 aromatic heterocycles. The molecule has 13 nitrogen and oxygen atoms in total. The molecule has 2 aromatic rings. The summed E-state index contributed by atoms with van der Waals surface area (Å²) < 4.78 is 0. The third-order valence-electron chi connectivity index (χ3n) is 6.25. The molecule has 2 aromatic carbocycles. The molecule has 2 rings (SSSR count). The summed E-state index contributed by atoms with van der Waals surface area (Å²) in [5, 5.41) is 45.3. The Balaban J connectivity index is 2.25. The van der Waals surface area contributed by atoms with Gasteiger partial charge in [0.2, 0.25) is 17.7 Å². The second kappa shape index (κ2) is 16.8. The van der Waals surface area contributed by atoms with E-state index in [1.165, 1.54) is 48.2 Å². The highest BCUT2D eigenvalue weighted by molar-refractivity contribution is 7.98. The van der Waals surface area contributed by atoms with E-state index >= 15 is 0 Å². The van der Waals surface area contributed by atoms with Gasteiger partial charge in [-0.05, 0) is 60.2 Å². The number of benzene rings is 2. The van der Waals surface area contributed by atoms with Gasteiger partial charge in [-0.3, -0.25) is 19.2 Å². The van der Waals surface area contributed by atoms with Crippen LogP contribution in [0.15, 0.2) is 48.5 Å². The molecule has 3 amide bonds. The zero-order valence-corrected chi connectivity index (χ0v) is 23.8. The summed E-state index contributed by atoms with van der Waals surface area (Å²) in [7, 11) is 0. The van der Waals surface area contributed by atoms with Gasteiger partial charge in [0.05, 0.1) is 6.04 Å². The number of nitrogens with one attached hydrogen (secondary N) is 3. The number of phenolic OH excluding ortho intramolecular Hbond substituents is 2. The third-order valence-corrected chi connectivity index (χ3v) is 6.89. The van der Waals surface area contributed by atoms with Crippen LogP contribution in [0, 0.1) is 0 Å². The van der Waals surface area contributed by atoms with Crippen molar-refractivity contribution < 1.29 is 44.4 Å². The number of hydrogen-bond donors (Lipinski definition) is 8. The Morgan fingerprint density at radius 1 is 0.714 bits per heavy atom. The second-order valence-electron chi connectivity index (χ2n) is 9.58. The SMILES string of the molecule is CSCCC(N)C(=O)NC(Cc1ccc(O)cc1)C(=O)NC(CCC(=O)O)C(=O)NC(Cc1ccc(O)cc1)C(=O)O. The Bertz CT molecular complexity index is 1220. The first-order chi connectivity index (χ1) is 19.9. The zero-order valence-electron chi connectivity index (χ0n) is 23.0. The summed E-state index contributed by atoms with van der Waals surface area (Å²) in [5.41, 5.74) is 7.03. The van der Waals surface area contributed by atoms with Gasteiger partial charge < -0.3 is 42.1 Å². The van der Waals surface area contributed by atoms with Crippen LogP contribution in [0.25, 0.3) is 0 Å². The molecule has 0 radical (unpaired) electrons. The van der Waals surface area contributed by atoms with Crippen LogP contribution in [-0.4, -0.2) is 86.3 Å². The van der Waals surface area contributed by atoms with E-state index in [1.54, 1.807) is 12.1 Å². The number of carboxylic acid groups (broad SMARTS) is 2. The molecule has 9 N–H and O–H groups in total. The first kappa shape index (κ1) is 33.9. The molecule has 0 heterocycles. The van der Waals surface area contributed by atoms with E-state index in [2.05, 4.69) is 16.0 Å². The summed E-state index contributed by atoms with van der Waals surface area (Å²) in [6.07, 6.45) is 1.15. The largest absolute Gasteiger partial charge is 0.508 e. The van der Waals surface area contributed by atoms with Gasteiger partial charge >= 0.3 is 11.9 Å². The molecular weight excluding hydrogens is 568 g/mol. The predicted octanol–water partition coefficient (Wildman–Crippen LogP) is 0.367. The van der Waals surface area contributed by atoms with Gasteiger partial charge in [-0.1, -0.05) is 24.3 Å². The van der Waals surface area contributed by atoms with Crippen LogP contribution < -0.4 is 21.7 Å². The highest BCUT2D eigenvalue weighted by Crippen LogP contribution is 2.14. The number of carbonyl (C=O) groups excluding carboxylic acids is 3. The van der Waals surface area contributed by atoms with E-state index in [1.807, 2.05) is 6.26 Å². The Hall–Kier alpha value is -4.30. The van der Waals surface area contributed by atoms with E-state index in [4.69, 9.17) is 5.73 Å². The van der Waals surface area contributed by atoms with E-state index in [9.17, 15) is 44.4 Å². The zero-order chi connectivity index (χ0) is 31.2. The summed E-state index contributed by atoms with van der Waals surface area (Å²) in [5.74, 6) is -4.37. The summed E-state index contributed by atoms with van der Waals surface area (Å²) in [4.78, 5) is 62.5. The van der Waals surface area contributed by atoms with Crippen LogP contribution in [-0.2, 0) is 36.8 Å². The number of thioether (sulfide) groups is 1. The number of hydrogen-bond acceptors (Lipinski definition) is 9. The Kier molecular flexibility index (Phi) is 13.6. The van der Waals surface area contributed by atoms with Crippen molar-refractivity contribution in [3.05, 3.63) is 59.7 Å². The van der Waals surface area contributed by atoms with Gasteiger partial charge in [-0.2, -0.15) is 11.8 Å². The van der Waals surface area contributed by atoms with Crippen LogP contribution >= 0.6 is 11.8 Å². The van der Waals surface area contributed by atoms with Crippen molar-refractivity contribution in [2.75, 3.05) is 12.0 Å². The van der Waals surface area contributed by atoms with Crippen molar-refractivity contribution in [3.8, 4) is 11.5 Å². The maximum atomic E-state index is 13.4. The van der Waals surface area contributed by atoms with Crippen molar-refractivity contribution in [1.29, 1.82) is 0 Å². The van der Waals surface area contributed by atoms with Crippen LogP contribution in [0.5, 0.6) is 11.5 Å². The highest BCUT2D eigenvalue weighted by atomic mass is 32.2. The van der Waals surface area contributed by atoms with E-state index in [-0.39, 0.29) is 30.8 Å². The molecular formula is C28H36N4O9S. The quantitative estimate of drug-likeness (QED) is 0.123. The summed E-state index contributed by atoms with van der Waals surface area (Å²) in [6.45, 7) is 0. The lowest BCUT2D eigenvalue weighted by atomic mass is 10.0. The molecule has 0 aliphatic carbocycles. The number of carboxylic acids is 2. The lowest BCUT2D eigenvalue weighted by Crippen LogP contribution is -2.57. The highest BCUT2D eigenvalue weighted by Gasteiger charge is 2.31. The second-order valence-corrected chi connectivity index (χ2v) is 10.6. The fraction of sp³-hybridized carbons (Fsp3) is 0.393. The third kappa shape index (κ3) is 11.7. The Labute approximate surface area is 246 Å². The van der Waals surface area contributed by atoms with E-state index in [0.717, 1.165) is 0 Å². The maximum Gasteiger partial charge on any atom is 0.326 e. The average molecular weight is 605 g/mol. The molecule has 42 heavy (non-hydrogen) atoms. The summed E-state index contributed by atoms with van der Waals surface area (Å²) >= 11 is 1.50. The molecule has 0 saturated heterocycles. The lowest BCUT2D eigenvalue weighted by Gasteiger charge is -2.25. The minimum atomic E-state index is -1.44. The molecule has 0 saturated carbocycles. The number of aliphatic carboxylic acids is 2. The smallest absolute Gasteiger partial charge is 0.326 e. The minimum Gasteiger partial charge on any atom is -0.508 e. The number of phenols is 2. The standard InChI is InChI=1S/C28H36N4O9S/c1-42-13-12-20(29)25(37)31-22(14-16-2-6-18(33)7-3-16)27(39)30-21(10-11-24(35)36)26(38)32-23(28(40)41)15-17-4-8-19(34)9-5-17/h2-9,20-23,33-34H,10-15,29H2,1H3,(H,30,39)(H,31,37)(H,32,38)(H,35,36)(H,40,41). The monoisotopic (exact) mass is 604 g/mol. The summed E-state index contributed by atoms with van der Waals surface area (Å²) in [6, 6.07) is 6.60. The Morgan fingerprint density at radius 2 is 1.17 bits per heavy atom. The van der Waals surface area contributed by atoms with Crippen LogP contribution in [0.2, 0.25) is 0 Å². The van der Waals surface area contributed by atoms with Gasteiger partial charge in [0.25, 0.3) is 0 Å². The number of carbonyl (C=O) groups is 5. The minimum absolute atomic E-state index is 0.00595. The number of rotatable bonds is 17. The van der Waals surface area contributed by atoms with Gasteiger partial charge in [0.1, 0.15) is 29.6 Å². The van der Waals surface area contributed by atoms with Crippen molar-refractivity contribution in [2.45, 2.75) is 56.3 Å². The molecule has 4 atom stereocenters. The molecule has 0 aliphatic heterocycles. The molecule has 0 aliphatic rings. The number of nitrogens with two attached hydrogens (primary N) is 1. The average Bonchev–Trinajstić information content (AvgIpc) is 2.94.